The third kappa shape index (κ3) is 7.73. The number of carbonyl (C=O) groups is 2. The fraction of sp³-hybridized carbons (Fsp3) is 0.636. The summed E-state index contributed by atoms with van der Waals surface area (Å²) in [6.45, 7) is 4.15. The average Bonchev–Trinajstić information content (AvgIpc) is 2.22. The lowest BCUT2D eigenvalue weighted by Gasteiger charge is -2.01. The number of hydrogen-bond donors (Lipinski definition) is 0. The van der Waals surface area contributed by atoms with E-state index in [1.807, 2.05) is 6.92 Å². The van der Waals surface area contributed by atoms with Crippen LogP contribution in [0.2, 0.25) is 0 Å². The van der Waals surface area contributed by atoms with Gasteiger partial charge in [-0.2, -0.15) is 0 Å². The van der Waals surface area contributed by atoms with Crippen LogP contribution in [0.15, 0.2) is 11.6 Å². The van der Waals surface area contributed by atoms with Crippen molar-refractivity contribution in [3.63, 3.8) is 0 Å². The second kappa shape index (κ2) is 8.03. The Labute approximate surface area is 90.2 Å². The molecule has 0 rings (SSSR count). The maximum atomic E-state index is 11.1. The molecule has 0 N–H and O–H groups in total. The number of allylic oxidation sites excluding steroid dienone is 1. The average molecular weight is 214 g/mol. The molecule has 0 amide bonds. The van der Waals surface area contributed by atoms with Gasteiger partial charge in [0.1, 0.15) is 0 Å². The number of methoxy groups -OCH3 is 1. The minimum absolute atomic E-state index is 0.273. The summed E-state index contributed by atoms with van der Waals surface area (Å²) in [5, 5.41) is 0. The van der Waals surface area contributed by atoms with Crippen LogP contribution >= 0.6 is 0 Å². The Morgan fingerprint density at radius 3 is 2.47 bits per heavy atom. The molecule has 15 heavy (non-hydrogen) atoms. The summed E-state index contributed by atoms with van der Waals surface area (Å²) >= 11 is 0. The van der Waals surface area contributed by atoms with Gasteiger partial charge in [-0.1, -0.05) is 12.5 Å². The van der Waals surface area contributed by atoms with Gasteiger partial charge in [0.15, 0.2) is 0 Å². The maximum Gasteiger partial charge on any atom is 0.330 e. The fourth-order valence-corrected chi connectivity index (χ4v) is 0.919. The third-order valence-electron chi connectivity index (χ3n) is 1.76. The molecule has 0 aromatic carbocycles. The highest BCUT2D eigenvalue weighted by Gasteiger charge is 2.03. The monoisotopic (exact) mass is 214 g/mol. The summed E-state index contributed by atoms with van der Waals surface area (Å²) in [6.07, 6.45) is 3.03. The summed E-state index contributed by atoms with van der Waals surface area (Å²) in [6, 6.07) is 0. The van der Waals surface area contributed by atoms with Gasteiger partial charge in [0.2, 0.25) is 0 Å². The highest BCUT2D eigenvalue weighted by atomic mass is 16.5. The molecule has 0 unspecified atom stereocenters. The highest BCUT2D eigenvalue weighted by Crippen LogP contribution is 2.05. The predicted molar refractivity (Wildman–Crippen MR) is 56.3 cm³/mol. The van der Waals surface area contributed by atoms with Crippen LogP contribution in [0, 0.1) is 0 Å². The van der Waals surface area contributed by atoms with Crippen molar-refractivity contribution in [3.8, 4) is 0 Å². The Bertz CT molecular complexity index is 243. The number of hydrogen-bond acceptors (Lipinski definition) is 4. The minimum atomic E-state index is -0.348. The van der Waals surface area contributed by atoms with Gasteiger partial charge in [0.05, 0.1) is 13.7 Å². The molecule has 4 heteroatoms. The normalized spacial score (nSPS) is 11.0. The summed E-state index contributed by atoms with van der Waals surface area (Å²) in [5.41, 5.74) is 0.821. The number of rotatable bonds is 6. The molecule has 0 bridgehead atoms. The third-order valence-corrected chi connectivity index (χ3v) is 1.76. The van der Waals surface area contributed by atoms with Crippen molar-refractivity contribution in [1.29, 1.82) is 0 Å². The Kier molecular flexibility index (Phi) is 7.32. The first-order valence-electron chi connectivity index (χ1n) is 5.00. The van der Waals surface area contributed by atoms with E-state index in [1.54, 1.807) is 6.92 Å². The van der Waals surface area contributed by atoms with Gasteiger partial charge >= 0.3 is 11.9 Å². The maximum absolute atomic E-state index is 11.1. The van der Waals surface area contributed by atoms with Crippen LogP contribution in [0.25, 0.3) is 0 Å². The van der Waals surface area contributed by atoms with Gasteiger partial charge in [-0.3, -0.25) is 4.79 Å². The van der Waals surface area contributed by atoms with Crippen LogP contribution in [0.4, 0.5) is 0 Å². The van der Waals surface area contributed by atoms with Crippen molar-refractivity contribution in [2.24, 2.45) is 0 Å². The van der Waals surface area contributed by atoms with Crippen molar-refractivity contribution in [1.82, 2.24) is 0 Å². The van der Waals surface area contributed by atoms with Gasteiger partial charge in [-0.15, -0.1) is 0 Å². The molecule has 0 spiro atoms. The smallest absolute Gasteiger partial charge is 0.330 e. The first-order valence-corrected chi connectivity index (χ1v) is 5.00. The van der Waals surface area contributed by atoms with E-state index in [-0.39, 0.29) is 11.9 Å². The van der Waals surface area contributed by atoms with Gasteiger partial charge in [0.25, 0.3) is 0 Å². The molecular formula is C11H18O4. The van der Waals surface area contributed by atoms with E-state index in [9.17, 15) is 9.59 Å². The SMILES string of the molecule is CCCOC(=O)/C=C(\C)CCC(=O)OC. The Balaban J connectivity index is 3.86. The van der Waals surface area contributed by atoms with Gasteiger partial charge < -0.3 is 9.47 Å². The van der Waals surface area contributed by atoms with Crippen LogP contribution in [-0.2, 0) is 19.1 Å². The van der Waals surface area contributed by atoms with Gasteiger partial charge in [0, 0.05) is 12.5 Å². The molecule has 0 aromatic rings. The molecule has 0 saturated heterocycles. The highest BCUT2D eigenvalue weighted by molar-refractivity contribution is 5.82. The summed E-state index contributed by atoms with van der Waals surface area (Å²) in [5.74, 6) is -0.621. The van der Waals surface area contributed by atoms with Gasteiger partial charge in [-0.05, 0) is 19.8 Å². The van der Waals surface area contributed by atoms with Crippen LogP contribution in [0.1, 0.15) is 33.1 Å². The number of ether oxygens (including phenoxy) is 2. The first-order chi connectivity index (χ1) is 7.10. The standard InChI is InChI=1S/C11H18O4/c1-4-7-15-11(13)8-9(2)5-6-10(12)14-3/h8H,4-7H2,1-3H3/b9-8+. The van der Waals surface area contributed by atoms with Crippen molar-refractivity contribution < 1.29 is 19.1 Å². The molecule has 86 valence electrons. The van der Waals surface area contributed by atoms with Crippen molar-refractivity contribution in [2.45, 2.75) is 33.1 Å². The molecule has 0 fully saturated rings. The van der Waals surface area contributed by atoms with Crippen molar-refractivity contribution >= 4 is 11.9 Å². The second-order valence-electron chi connectivity index (χ2n) is 3.23. The molecule has 0 heterocycles. The quantitative estimate of drug-likeness (QED) is 0.500. The molecular weight excluding hydrogens is 196 g/mol. The van der Waals surface area contributed by atoms with Crippen LogP contribution < -0.4 is 0 Å². The van der Waals surface area contributed by atoms with E-state index in [1.165, 1.54) is 13.2 Å². The lowest BCUT2D eigenvalue weighted by atomic mass is 10.1. The largest absolute Gasteiger partial charge is 0.469 e. The molecule has 0 aliphatic carbocycles. The lowest BCUT2D eigenvalue weighted by Crippen LogP contribution is -2.03. The van der Waals surface area contributed by atoms with Crippen LogP contribution in [0.3, 0.4) is 0 Å². The Morgan fingerprint density at radius 2 is 1.93 bits per heavy atom. The molecule has 0 aliphatic rings. The van der Waals surface area contributed by atoms with E-state index in [0.29, 0.717) is 19.4 Å². The summed E-state index contributed by atoms with van der Waals surface area (Å²) in [4.78, 5) is 21.9. The fourth-order valence-electron chi connectivity index (χ4n) is 0.919. The zero-order valence-corrected chi connectivity index (χ0v) is 9.54. The van der Waals surface area contributed by atoms with Gasteiger partial charge in [-0.25, -0.2) is 4.79 Å². The minimum Gasteiger partial charge on any atom is -0.469 e. The molecule has 0 saturated carbocycles. The lowest BCUT2D eigenvalue weighted by molar-refractivity contribution is -0.141. The van der Waals surface area contributed by atoms with Crippen molar-refractivity contribution in [3.05, 3.63) is 11.6 Å². The van der Waals surface area contributed by atoms with Crippen LogP contribution in [0.5, 0.6) is 0 Å². The molecule has 0 radical (unpaired) electrons. The molecule has 4 nitrogen and oxygen atoms in total. The number of esters is 2. The Morgan fingerprint density at radius 1 is 1.27 bits per heavy atom. The molecule has 0 aromatic heterocycles. The zero-order valence-electron chi connectivity index (χ0n) is 9.54. The predicted octanol–water partition coefficient (Wildman–Crippen LogP) is 1.84. The zero-order chi connectivity index (χ0) is 11.7. The topological polar surface area (TPSA) is 52.6 Å². The van der Waals surface area contributed by atoms with E-state index < -0.39 is 0 Å². The number of carbonyl (C=O) groups excluding carboxylic acids is 2. The second-order valence-corrected chi connectivity index (χ2v) is 3.23. The molecule has 0 atom stereocenters. The van der Waals surface area contributed by atoms with E-state index in [0.717, 1.165) is 12.0 Å². The summed E-state index contributed by atoms with van der Waals surface area (Å²) < 4.78 is 9.35. The van der Waals surface area contributed by atoms with Crippen LogP contribution in [-0.4, -0.2) is 25.7 Å². The van der Waals surface area contributed by atoms with E-state index >= 15 is 0 Å². The Hall–Kier alpha value is -1.32. The van der Waals surface area contributed by atoms with E-state index in [4.69, 9.17) is 4.74 Å². The van der Waals surface area contributed by atoms with Crippen molar-refractivity contribution in [2.75, 3.05) is 13.7 Å². The molecule has 0 aliphatic heterocycles. The first kappa shape index (κ1) is 13.7. The van der Waals surface area contributed by atoms with E-state index in [2.05, 4.69) is 4.74 Å². The summed E-state index contributed by atoms with van der Waals surface area (Å²) in [7, 11) is 1.34.